The summed E-state index contributed by atoms with van der Waals surface area (Å²) < 4.78 is 1.03. The van der Waals surface area contributed by atoms with Crippen LogP contribution in [0.1, 0.15) is 15.2 Å². The van der Waals surface area contributed by atoms with E-state index in [4.69, 9.17) is 0 Å². The predicted octanol–water partition coefficient (Wildman–Crippen LogP) is 3.80. The van der Waals surface area contributed by atoms with Gasteiger partial charge in [-0.1, -0.05) is 0 Å². The average molecular weight is 294 g/mol. The third kappa shape index (κ3) is 2.87. The van der Waals surface area contributed by atoms with Crippen molar-refractivity contribution in [2.24, 2.45) is 0 Å². The minimum Gasteiger partial charge on any atom is -0.289 e. The molecule has 0 N–H and O–H groups in total. The summed E-state index contributed by atoms with van der Waals surface area (Å²) in [6, 6.07) is 5.48. The van der Waals surface area contributed by atoms with Crippen LogP contribution in [0.15, 0.2) is 46.5 Å². The fraction of sp³-hybridized carbons (Fsp3) is 0. The number of pyridine rings is 1. The van der Waals surface area contributed by atoms with E-state index in [0.29, 0.717) is 5.56 Å². The lowest BCUT2D eigenvalue weighted by Crippen LogP contribution is -1.93. The Balaban J connectivity index is 2.11. The summed E-state index contributed by atoms with van der Waals surface area (Å²) in [5, 5.41) is 1.98. The van der Waals surface area contributed by atoms with Crippen molar-refractivity contribution in [2.75, 3.05) is 0 Å². The number of halogens is 1. The van der Waals surface area contributed by atoms with Crippen molar-refractivity contribution < 1.29 is 4.79 Å². The van der Waals surface area contributed by atoms with E-state index in [2.05, 4.69) is 20.9 Å². The third-order valence-corrected chi connectivity index (χ3v) is 3.59. The molecule has 0 saturated carbocycles. The normalized spacial score (nSPS) is 10.8. The van der Waals surface area contributed by atoms with Crippen LogP contribution in [-0.4, -0.2) is 10.8 Å². The highest BCUT2D eigenvalue weighted by Crippen LogP contribution is 2.20. The van der Waals surface area contributed by atoms with Gasteiger partial charge < -0.3 is 0 Å². The zero-order chi connectivity index (χ0) is 11.4. The zero-order valence-corrected chi connectivity index (χ0v) is 10.7. The van der Waals surface area contributed by atoms with Crippen LogP contribution in [-0.2, 0) is 0 Å². The van der Waals surface area contributed by atoms with E-state index in [1.165, 1.54) is 0 Å². The van der Waals surface area contributed by atoms with Gasteiger partial charge in [0.1, 0.15) is 0 Å². The van der Waals surface area contributed by atoms with Crippen LogP contribution < -0.4 is 0 Å². The second-order valence-electron chi connectivity index (χ2n) is 3.11. The summed E-state index contributed by atoms with van der Waals surface area (Å²) in [6.07, 6.45) is 6.59. The first kappa shape index (κ1) is 11.2. The Morgan fingerprint density at radius 1 is 1.50 bits per heavy atom. The lowest BCUT2D eigenvalue weighted by atomic mass is 10.2. The molecule has 0 fully saturated rings. The molecule has 2 nitrogen and oxygen atoms in total. The van der Waals surface area contributed by atoms with Crippen LogP contribution >= 0.6 is 27.3 Å². The molecule has 0 aliphatic heterocycles. The van der Waals surface area contributed by atoms with E-state index < -0.39 is 0 Å². The molecule has 0 saturated heterocycles. The van der Waals surface area contributed by atoms with Crippen molar-refractivity contribution >= 4 is 39.1 Å². The van der Waals surface area contributed by atoms with Gasteiger partial charge in [-0.05, 0) is 46.3 Å². The second kappa shape index (κ2) is 5.18. The second-order valence-corrected chi connectivity index (χ2v) is 4.97. The van der Waals surface area contributed by atoms with Crippen LogP contribution in [0, 0.1) is 0 Å². The molecule has 0 amide bonds. The topological polar surface area (TPSA) is 30.0 Å². The molecule has 0 spiro atoms. The van der Waals surface area contributed by atoms with Crippen LogP contribution in [0.4, 0.5) is 0 Å². The Bertz CT molecular complexity index is 519. The van der Waals surface area contributed by atoms with Crippen LogP contribution in [0.2, 0.25) is 0 Å². The zero-order valence-electron chi connectivity index (χ0n) is 8.26. The van der Waals surface area contributed by atoms with Crippen molar-refractivity contribution in [3.8, 4) is 0 Å². The Morgan fingerprint density at radius 3 is 3.00 bits per heavy atom. The minimum atomic E-state index is -0.0300. The quantitative estimate of drug-likeness (QED) is 0.636. The fourth-order valence-electron chi connectivity index (χ4n) is 1.18. The van der Waals surface area contributed by atoms with Crippen LogP contribution in [0.3, 0.4) is 0 Å². The number of hydrogen-bond donors (Lipinski definition) is 0. The van der Waals surface area contributed by atoms with Gasteiger partial charge in [-0.15, -0.1) is 11.3 Å². The third-order valence-electron chi connectivity index (χ3n) is 1.93. The highest BCUT2D eigenvalue weighted by molar-refractivity contribution is 9.10. The molecule has 0 aromatic carbocycles. The number of aromatic nitrogens is 1. The molecule has 0 unspecified atom stereocenters. The van der Waals surface area contributed by atoms with Crippen molar-refractivity contribution in [1.82, 2.24) is 4.98 Å². The van der Waals surface area contributed by atoms with Crippen LogP contribution in [0.25, 0.3) is 6.08 Å². The van der Waals surface area contributed by atoms with Gasteiger partial charge in [0, 0.05) is 32.7 Å². The molecule has 0 aliphatic rings. The van der Waals surface area contributed by atoms with Crippen molar-refractivity contribution in [3.63, 3.8) is 0 Å². The number of allylic oxidation sites excluding steroid dienone is 1. The maximum atomic E-state index is 11.7. The van der Waals surface area contributed by atoms with E-state index in [0.717, 1.165) is 9.35 Å². The largest absolute Gasteiger partial charge is 0.289 e. The van der Waals surface area contributed by atoms with E-state index in [1.807, 2.05) is 17.5 Å². The molecule has 2 aromatic rings. The maximum Gasteiger partial charge on any atom is 0.187 e. The number of carbonyl (C=O) groups is 1. The van der Waals surface area contributed by atoms with Gasteiger partial charge in [0.15, 0.2) is 5.78 Å². The number of rotatable bonds is 3. The summed E-state index contributed by atoms with van der Waals surface area (Å²) in [4.78, 5) is 16.6. The summed E-state index contributed by atoms with van der Waals surface area (Å²) in [7, 11) is 0. The summed E-state index contributed by atoms with van der Waals surface area (Å²) in [5.74, 6) is -0.0300. The number of thiophene rings is 1. The number of hydrogen-bond acceptors (Lipinski definition) is 3. The molecule has 2 rings (SSSR count). The van der Waals surface area contributed by atoms with Gasteiger partial charge in [-0.25, -0.2) is 0 Å². The highest BCUT2D eigenvalue weighted by Gasteiger charge is 2.00. The van der Waals surface area contributed by atoms with E-state index in [-0.39, 0.29) is 5.78 Å². The fourth-order valence-corrected chi connectivity index (χ4v) is 2.52. The average Bonchev–Trinajstić information content (AvgIpc) is 2.73. The molecule has 0 atom stereocenters. The number of carbonyl (C=O) groups excluding carboxylic acids is 1. The molecule has 2 heterocycles. The van der Waals surface area contributed by atoms with Crippen molar-refractivity contribution in [1.29, 1.82) is 0 Å². The van der Waals surface area contributed by atoms with E-state index in [1.54, 1.807) is 41.9 Å². The lowest BCUT2D eigenvalue weighted by molar-refractivity contribution is 0.104. The smallest absolute Gasteiger partial charge is 0.187 e. The summed E-state index contributed by atoms with van der Waals surface area (Å²) in [5.41, 5.74) is 0.606. The highest BCUT2D eigenvalue weighted by atomic mass is 79.9. The molecular formula is C12H8BrNOS. The lowest BCUT2D eigenvalue weighted by Gasteiger charge is -1.92. The predicted molar refractivity (Wildman–Crippen MR) is 69.6 cm³/mol. The first-order valence-electron chi connectivity index (χ1n) is 4.62. The van der Waals surface area contributed by atoms with Gasteiger partial charge in [0.2, 0.25) is 0 Å². The Kier molecular flexibility index (Phi) is 3.64. The summed E-state index contributed by atoms with van der Waals surface area (Å²) in [6.45, 7) is 0. The Morgan fingerprint density at radius 2 is 2.38 bits per heavy atom. The molecule has 16 heavy (non-hydrogen) atoms. The molecule has 80 valence electrons. The van der Waals surface area contributed by atoms with Gasteiger partial charge in [0.05, 0.1) is 0 Å². The first-order valence-corrected chi connectivity index (χ1v) is 6.29. The standard InChI is InChI=1S/C12H8BrNOS/c13-10-6-11(16-8-10)3-4-12(15)9-2-1-5-14-7-9/h1-8H. The van der Waals surface area contributed by atoms with Crippen LogP contribution in [0.5, 0.6) is 0 Å². The maximum absolute atomic E-state index is 11.7. The van der Waals surface area contributed by atoms with Gasteiger partial charge in [-0.3, -0.25) is 9.78 Å². The number of ketones is 1. The minimum absolute atomic E-state index is 0.0300. The molecule has 0 bridgehead atoms. The Hall–Kier alpha value is -1.26. The molecule has 0 aliphatic carbocycles. The van der Waals surface area contributed by atoms with Gasteiger partial charge >= 0.3 is 0 Å². The summed E-state index contributed by atoms with van der Waals surface area (Å²) >= 11 is 4.95. The molecule has 2 aromatic heterocycles. The van der Waals surface area contributed by atoms with Crippen molar-refractivity contribution in [2.45, 2.75) is 0 Å². The molecular weight excluding hydrogens is 286 g/mol. The number of nitrogens with zero attached hydrogens (tertiary/aromatic N) is 1. The Labute approximate surface area is 106 Å². The first-order chi connectivity index (χ1) is 7.75. The van der Waals surface area contributed by atoms with Gasteiger partial charge in [-0.2, -0.15) is 0 Å². The molecule has 0 radical (unpaired) electrons. The van der Waals surface area contributed by atoms with E-state index >= 15 is 0 Å². The van der Waals surface area contributed by atoms with Gasteiger partial charge in [0.25, 0.3) is 0 Å². The molecule has 4 heteroatoms. The van der Waals surface area contributed by atoms with Crippen molar-refractivity contribution in [3.05, 3.63) is 57.0 Å². The monoisotopic (exact) mass is 293 g/mol. The SMILES string of the molecule is O=C(C=Cc1cc(Br)cs1)c1cccnc1. The van der Waals surface area contributed by atoms with E-state index in [9.17, 15) is 4.79 Å².